The largest absolute Gasteiger partial charge is 0.481 e. The van der Waals surface area contributed by atoms with Crippen LogP contribution in [0.2, 0.25) is 0 Å². The molecule has 2 aliphatic heterocycles. The van der Waals surface area contributed by atoms with E-state index in [4.69, 9.17) is 11.5 Å². The number of amides is 6. The molecule has 15 N–H and O–H groups in total. The Morgan fingerprint density at radius 2 is 1.15 bits per heavy atom. The number of hydrogen-bond acceptors (Lipinski definition) is 17. The van der Waals surface area contributed by atoms with Crippen molar-refractivity contribution in [2.75, 3.05) is 98.2 Å². The summed E-state index contributed by atoms with van der Waals surface area (Å²) in [5, 5.41) is 69.6. The summed E-state index contributed by atoms with van der Waals surface area (Å²) in [7, 11) is -1.72. The van der Waals surface area contributed by atoms with Gasteiger partial charge in [-0.1, -0.05) is 12.1 Å². The maximum Gasteiger partial charge on any atom is 0.475 e. The van der Waals surface area contributed by atoms with Crippen LogP contribution in [0.15, 0.2) is 29.3 Å². The number of hydrogen-bond donors (Lipinski definition) is 13. The Labute approximate surface area is 420 Å². The fraction of sp³-hybridized carbons (Fsp3) is 0.605. The minimum atomic E-state index is -1.72. The standard InChI is InChI=1S/C43H68BN13O16/c1-27(42(71)57-11-3-5-32(57)44(72)73)50-39(68)29-8-6-28(7-9-29)21-48-41(70)31(20-35(60)61)52-33(58)22-49-40(69)30(4-2-10-47-43(45)46)51-34(59)23-53-12-14-54(24-36(62)63)16-18-56(26-38(66)67)19-17-55(15-13-53)25-37(64)65/h6-9,27,30-32,72-73H,2-5,10-26H2,1H3,(H,48,70)(H,49,69)(H,50,68)(H,51,59)(H,52,58)(H,60,61)(H,62,63)(H,64,65)(H,66,67)(H4,45,46,47)/t27-,30+,31+,32+/m1/s1. The SMILES string of the molecule is C[C@@H](NC(=O)c1ccc(CNC(=O)[C@H](CC(=O)O)NC(=O)CNC(=O)[C@H](CCCN=C(N)N)NC(=O)CN2CCN(CC(=O)O)CCN(CC(=O)O)CCN(CC(=O)O)CC2)cc1)C(=O)N1CCC[C@H]1B(O)O. The first kappa shape index (κ1) is 60.3. The minimum Gasteiger partial charge on any atom is -0.481 e. The number of aliphatic imine (C=N–C) groups is 1. The molecule has 29 nitrogen and oxygen atoms in total. The van der Waals surface area contributed by atoms with Gasteiger partial charge in [-0.05, 0) is 50.3 Å². The topological polar surface area (TPSA) is 433 Å². The van der Waals surface area contributed by atoms with Gasteiger partial charge < -0.3 is 73.4 Å². The van der Waals surface area contributed by atoms with Gasteiger partial charge in [0.25, 0.3) is 5.91 Å². The number of likely N-dealkylation sites (tertiary alicyclic amines) is 1. The molecule has 1 aromatic carbocycles. The van der Waals surface area contributed by atoms with Crippen LogP contribution in [0.25, 0.3) is 0 Å². The second kappa shape index (κ2) is 30.8. The molecule has 2 saturated heterocycles. The molecule has 0 aliphatic carbocycles. The number of carboxylic acids is 4. The highest BCUT2D eigenvalue weighted by molar-refractivity contribution is 6.43. The van der Waals surface area contributed by atoms with Gasteiger partial charge in [0.15, 0.2) is 5.96 Å². The fourth-order valence-corrected chi connectivity index (χ4v) is 7.97. The summed E-state index contributed by atoms with van der Waals surface area (Å²) >= 11 is 0. The molecule has 4 atom stereocenters. The fourth-order valence-electron chi connectivity index (χ4n) is 7.97. The lowest BCUT2D eigenvalue weighted by molar-refractivity contribution is -0.141. The van der Waals surface area contributed by atoms with Gasteiger partial charge in [-0.3, -0.25) is 72.5 Å². The lowest BCUT2D eigenvalue weighted by atomic mass is 9.78. The van der Waals surface area contributed by atoms with E-state index in [1.807, 2.05) is 0 Å². The van der Waals surface area contributed by atoms with Gasteiger partial charge in [-0.15, -0.1) is 0 Å². The van der Waals surface area contributed by atoms with Gasteiger partial charge >= 0.3 is 31.0 Å². The predicted molar refractivity (Wildman–Crippen MR) is 258 cm³/mol. The molecule has 0 aromatic heterocycles. The summed E-state index contributed by atoms with van der Waals surface area (Å²) < 4.78 is 0. The number of aliphatic carboxylic acids is 4. The van der Waals surface area contributed by atoms with Crippen molar-refractivity contribution < 1.29 is 78.4 Å². The van der Waals surface area contributed by atoms with Crippen molar-refractivity contribution in [1.82, 2.24) is 51.1 Å². The summed E-state index contributed by atoms with van der Waals surface area (Å²) in [4.78, 5) is 137. The molecule has 0 radical (unpaired) electrons. The lowest BCUT2D eigenvalue weighted by Crippen LogP contribution is -2.54. The first-order chi connectivity index (χ1) is 34.5. The number of nitrogens with zero attached hydrogens (tertiary/aromatic N) is 6. The highest BCUT2D eigenvalue weighted by Crippen LogP contribution is 2.19. The first-order valence-corrected chi connectivity index (χ1v) is 23.5. The Kier molecular flexibility index (Phi) is 25.4. The molecule has 404 valence electrons. The molecule has 6 amide bonds. The van der Waals surface area contributed by atoms with E-state index in [9.17, 15) is 78.4 Å². The smallest absolute Gasteiger partial charge is 0.475 e. The van der Waals surface area contributed by atoms with Crippen molar-refractivity contribution in [1.29, 1.82) is 0 Å². The van der Waals surface area contributed by atoms with Crippen LogP contribution in [-0.2, 0) is 49.7 Å². The number of carbonyl (C=O) groups is 10. The Morgan fingerprint density at radius 3 is 1.63 bits per heavy atom. The highest BCUT2D eigenvalue weighted by Gasteiger charge is 2.38. The quantitative estimate of drug-likeness (QED) is 0.0178. The van der Waals surface area contributed by atoms with Crippen LogP contribution in [0.5, 0.6) is 0 Å². The Balaban J connectivity index is 1.63. The van der Waals surface area contributed by atoms with Crippen molar-refractivity contribution in [3.8, 4) is 0 Å². The normalized spacial score (nSPS) is 17.5. The number of guanidine groups is 1. The third kappa shape index (κ3) is 23.0. The number of benzene rings is 1. The summed E-state index contributed by atoms with van der Waals surface area (Å²) in [5.74, 6) is -10.3. The van der Waals surface area contributed by atoms with E-state index in [0.29, 0.717) is 24.9 Å². The summed E-state index contributed by atoms with van der Waals surface area (Å²) in [6, 6.07) is 1.99. The van der Waals surface area contributed by atoms with Crippen molar-refractivity contribution in [2.24, 2.45) is 16.5 Å². The second-order valence-electron chi connectivity index (χ2n) is 17.6. The number of carbonyl (C=O) groups excluding carboxylic acids is 6. The van der Waals surface area contributed by atoms with Crippen LogP contribution in [0.3, 0.4) is 0 Å². The molecule has 2 aliphatic rings. The summed E-state index contributed by atoms with van der Waals surface area (Å²) in [5.41, 5.74) is 11.5. The molecular weight excluding hydrogens is 965 g/mol. The lowest BCUT2D eigenvalue weighted by Gasteiger charge is -2.33. The number of carboxylic acid groups (broad SMARTS) is 4. The zero-order valence-electron chi connectivity index (χ0n) is 40.6. The van der Waals surface area contributed by atoms with Gasteiger partial charge in [0.1, 0.15) is 18.1 Å². The van der Waals surface area contributed by atoms with E-state index >= 15 is 0 Å². The van der Waals surface area contributed by atoms with E-state index in [1.54, 1.807) is 19.6 Å². The average molecular weight is 1030 g/mol. The van der Waals surface area contributed by atoms with Crippen LogP contribution in [-0.4, -0.2) is 250 Å². The van der Waals surface area contributed by atoms with Gasteiger partial charge in [0.2, 0.25) is 29.5 Å². The van der Waals surface area contributed by atoms with E-state index in [2.05, 4.69) is 31.6 Å². The molecule has 3 rings (SSSR count). The van der Waals surface area contributed by atoms with Gasteiger partial charge in [0, 0.05) is 77.6 Å². The average Bonchev–Trinajstić information content (AvgIpc) is 3.81. The molecule has 0 spiro atoms. The maximum absolute atomic E-state index is 13.6. The maximum atomic E-state index is 13.6. The van der Waals surface area contributed by atoms with Crippen molar-refractivity contribution >= 4 is 72.4 Å². The van der Waals surface area contributed by atoms with Gasteiger partial charge in [-0.2, -0.15) is 0 Å². The molecular formula is C43H68BN13O16. The van der Waals surface area contributed by atoms with Crippen LogP contribution >= 0.6 is 0 Å². The molecule has 0 saturated carbocycles. The van der Waals surface area contributed by atoms with E-state index in [0.717, 1.165) is 0 Å². The van der Waals surface area contributed by atoms with E-state index < -0.39 is 103 Å². The second-order valence-corrected chi connectivity index (χ2v) is 17.6. The first-order valence-electron chi connectivity index (χ1n) is 23.5. The molecule has 73 heavy (non-hydrogen) atoms. The minimum absolute atomic E-state index is 0.0353. The number of nitrogens with one attached hydrogen (secondary N) is 5. The Morgan fingerprint density at radius 1 is 0.658 bits per heavy atom. The van der Waals surface area contributed by atoms with Gasteiger partial charge in [-0.25, -0.2) is 0 Å². The third-order valence-corrected chi connectivity index (χ3v) is 11.8. The Bertz CT molecular complexity index is 2080. The van der Waals surface area contributed by atoms with Crippen LogP contribution in [0.1, 0.15) is 54.9 Å². The summed E-state index contributed by atoms with van der Waals surface area (Å²) in [6.07, 6.45) is 0.282. The molecule has 0 unspecified atom stereocenters. The predicted octanol–water partition coefficient (Wildman–Crippen LogP) is -6.49. The Hall–Kier alpha value is -6.99. The zero-order chi connectivity index (χ0) is 54.2. The van der Waals surface area contributed by atoms with Crippen molar-refractivity contribution in [2.45, 2.75) is 69.6 Å². The van der Waals surface area contributed by atoms with Crippen LogP contribution in [0, 0.1) is 0 Å². The molecule has 2 heterocycles. The summed E-state index contributed by atoms with van der Waals surface area (Å²) in [6.45, 7) is 0.577. The molecule has 30 heteroatoms. The monoisotopic (exact) mass is 1030 g/mol. The number of nitrogens with two attached hydrogens (primary N) is 2. The zero-order valence-corrected chi connectivity index (χ0v) is 40.6. The van der Waals surface area contributed by atoms with Crippen molar-refractivity contribution in [3.63, 3.8) is 0 Å². The molecule has 0 bridgehead atoms. The van der Waals surface area contributed by atoms with Crippen LogP contribution in [0.4, 0.5) is 0 Å². The van der Waals surface area contributed by atoms with Crippen molar-refractivity contribution in [3.05, 3.63) is 35.4 Å². The van der Waals surface area contributed by atoms with E-state index in [1.165, 1.54) is 36.1 Å². The molecule has 1 aromatic rings. The van der Waals surface area contributed by atoms with Crippen LogP contribution < -0.4 is 38.1 Å². The highest BCUT2D eigenvalue weighted by atomic mass is 16.4. The van der Waals surface area contributed by atoms with Gasteiger partial charge in [0.05, 0.1) is 45.1 Å². The third-order valence-electron chi connectivity index (χ3n) is 11.8. The molecule has 2 fully saturated rings. The van der Waals surface area contributed by atoms with E-state index in [-0.39, 0.29) is 116 Å². The number of rotatable bonds is 26.